The van der Waals surface area contributed by atoms with Gasteiger partial charge in [0.2, 0.25) is 0 Å². The molecule has 0 radical (unpaired) electrons. The van der Waals surface area contributed by atoms with Crippen molar-refractivity contribution in [3.63, 3.8) is 0 Å². The first-order valence-corrected chi connectivity index (χ1v) is 15.4. The van der Waals surface area contributed by atoms with Crippen molar-refractivity contribution in [2.24, 2.45) is 11.8 Å². The van der Waals surface area contributed by atoms with Crippen LogP contribution < -0.4 is 0 Å². The highest BCUT2D eigenvalue weighted by molar-refractivity contribution is 5.75. The average molecular weight is 497 g/mol. The zero-order valence-electron chi connectivity index (χ0n) is 24.1. The van der Waals surface area contributed by atoms with Gasteiger partial charge in [-0.3, -0.25) is 9.59 Å². The Balaban J connectivity index is 3.60. The van der Waals surface area contributed by atoms with Gasteiger partial charge in [-0.1, -0.05) is 143 Å². The molecule has 4 heteroatoms. The first-order valence-electron chi connectivity index (χ1n) is 15.4. The Hall–Kier alpha value is -1.06. The van der Waals surface area contributed by atoms with Crippen molar-refractivity contribution in [1.82, 2.24) is 0 Å². The van der Waals surface area contributed by atoms with Gasteiger partial charge in [-0.05, 0) is 19.3 Å². The third-order valence-corrected chi connectivity index (χ3v) is 7.00. The molecule has 0 aromatic carbocycles. The van der Waals surface area contributed by atoms with E-state index in [1.165, 1.54) is 103 Å². The summed E-state index contributed by atoms with van der Waals surface area (Å²) in [4.78, 5) is 24.5. The van der Waals surface area contributed by atoms with Gasteiger partial charge in [0.25, 0.3) is 0 Å². The van der Waals surface area contributed by atoms with Gasteiger partial charge < -0.3 is 9.47 Å². The number of ether oxygens (including phenoxy) is 2. The van der Waals surface area contributed by atoms with Gasteiger partial charge >= 0.3 is 11.9 Å². The molecule has 0 saturated heterocycles. The summed E-state index contributed by atoms with van der Waals surface area (Å²) in [7, 11) is 0. The third-order valence-electron chi connectivity index (χ3n) is 7.00. The molecule has 0 spiro atoms. The highest BCUT2D eigenvalue weighted by Crippen LogP contribution is 2.16. The summed E-state index contributed by atoms with van der Waals surface area (Å²) in [6.45, 7) is 9.21. The van der Waals surface area contributed by atoms with Crippen LogP contribution in [0.5, 0.6) is 0 Å². The highest BCUT2D eigenvalue weighted by atomic mass is 16.5. The molecule has 0 fully saturated rings. The Morgan fingerprint density at radius 2 is 0.714 bits per heavy atom. The molecule has 0 rings (SSSR count). The second-order valence-corrected chi connectivity index (χ2v) is 10.7. The summed E-state index contributed by atoms with van der Waals surface area (Å²) in [6.07, 6.45) is 25.8. The molecule has 0 aromatic heterocycles. The fraction of sp³-hybridized carbons (Fsp3) is 0.935. The van der Waals surface area contributed by atoms with Crippen LogP contribution in [0.2, 0.25) is 0 Å². The lowest BCUT2D eigenvalue weighted by Gasteiger charge is -2.16. The van der Waals surface area contributed by atoms with Crippen molar-refractivity contribution in [3.05, 3.63) is 0 Å². The molecule has 0 aliphatic heterocycles. The number of carbonyl (C=O) groups is 2. The smallest absolute Gasteiger partial charge is 0.308 e. The lowest BCUT2D eigenvalue weighted by atomic mass is 9.97. The molecule has 208 valence electrons. The number of carbonyl (C=O) groups excluding carboxylic acids is 2. The molecule has 0 aromatic rings. The van der Waals surface area contributed by atoms with Crippen LogP contribution in [0.3, 0.4) is 0 Å². The summed E-state index contributed by atoms with van der Waals surface area (Å²) in [5.41, 5.74) is 0. The third kappa shape index (κ3) is 23.1. The molecule has 0 bridgehead atoms. The zero-order chi connectivity index (χ0) is 26.0. The van der Waals surface area contributed by atoms with Crippen LogP contribution in [0.4, 0.5) is 0 Å². The Morgan fingerprint density at radius 1 is 0.457 bits per heavy atom. The van der Waals surface area contributed by atoms with Gasteiger partial charge in [-0.15, -0.1) is 0 Å². The van der Waals surface area contributed by atoms with E-state index in [4.69, 9.17) is 9.47 Å². The van der Waals surface area contributed by atoms with E-state index in [1.807, 2.05) is 13.8 Å². The normalized spacial score (nSPS) is 12.9. The summed E-state index contributed by atoms with van der Waals surface area (Å²) in [6, 6.07) is 0. The quantitative estimate of drug-likeness (QED) is 0.0883. The zero-order valence-corrected chi connectivity index (χ0v) is 24.1. The van der Waals surface area contributed by atoms with E-state index in [1.54, 1.807) is 0 Å². The topological polar surface area (TPSA) is 52.6 Å². The van der Waals surface area contributed by atoms with Gasteiger partial charge in [0.15, 0.2) is 0 Å². The van der Waals surface area contributed by atoms with Crippen molar-refractivity contribution < 1.29 is 19.1 Å². The van der Waals surface area contributed by atoms with Crippen molar-refractivity contribution in [2.75, 3.05) is 13.2 Å². The second kappa shape index (κ2) is 26.0. The summed E-state index contributed by atoms with van der Waals surface area (Å²) in [5, 5.41) is 0. The largest absolute Gasteiger partial charge is 0.465 e. The molecular formula is C31H60O4. The fourth-order valence-corrected chi connectivity index (χ4v) is 4.53. The van der Waals surface area contributed by atoms with Gasteiger partial charge in [0, 0.05) is 0 Å². The minimum Gasteiger partial charge on any atom is -0.465 e. The SMILES string of the molecule is CCCCCCCCCCCCOC(=O)C(C)CC(C)C(=O)OCCCCCCCCCCCC. The molecule has 0 aliphatic rings. The summed E-state index contributed by atoms with van der Waals surface area (Å²) >= 11 is 0. The lowest BCUT2D eigenvalue weighted by Crippen LogP contribution is -2.23. The first-order chi connectivity index (χ1) is 17.0. The standard InChI is InChI=1S/C31H60O4/c1-5-7-9-11-13-15-17-19-21-23-25-34-30(32)28(3)27-29(4)31(33)35-26-24-22-20-18-16-14-12-10-8-6-2/h28-29H,5-27H2,1-4H3. The van der Waals surface area contributed by atoms with Crippen LogP contribution in [0, 0.1) is 11.8 Å². The van der Waals surface area contributed by atoms with Crippen LogP contribution in [-0.2, 0) is 19.1 Å². The molecule has 35 heavy (non-hydrogen) atoms. The van der Waals surface area contributed by atoms with Crippen molar-refractivity contribution in [1.29, 1.82) is 0 Å². The van der Waals surface area contributed by atoms with Gasteiger partial charge in [0.05, 0.1) is 25.0 Å². The fourth-order valence-electron chi connectivity index (χ4n) is 4.53. The predicted molar refractivity (Wildman–Crippen MR) is 149 cm³/mol. The monoisotopic (exact) mass is 496 g/mol. The molecule has 0 heterocycles. The highest BCUT2D eigenvalue weighted by Gasteiger charge is 2.23. The first kappa shape index (κ1) is 33.9. The van der Waals surface area contributed by atoms with E-state index in [9.17, 15) is 9.59 Å². The summed E-state index contributed by atoms with van der Waals surface area (Å²) in [5.74, 6) is -0.901. The maximum absolute atomic E-state index is 12.2. The molecule has 4 nitrogen and oxygen atoms in total. The number of unbranched alkanes of at least 4 members (excludes halogenated alkanes) is 18. The number of hydrogen-bond acceptors (Lipinski definition) is 4. The lowest BCUT2D eigenvalue weighted by molar-refractivity contribution is -0.152. The van der Waals surface area contributed by atoms with Crippen LogP contribution in [0.25, 0.3) is 0 Å². The molecule has 2 unspecified atom stereocenters. The van der Waals surface area contributed by atoms with Crippen LogP contribution in [0.1, 0.15) is 163 Å². The van der Waals surface area contributed by atoms with Crippen LogP contribution >= 0.6 is 0 Å². The maximum atomic E-state index is 12.2. The van der Waals surface area contributed by atoms with Gasteiger partial charge in [-0.2, -0.15) is 0 Å². The van der Waals surface area contributed by atoms with Crippen molar-refractivity contribution in [3.8, 4) is 0 Å². The van der Waals surface area contributed by atoms with Crippen LogP contribution in [-0.4, -0.2) is 25.2 Å². The molecule has 0 saturated carbocycles. The number of rotatable bonds is 26. The number of esters is 2. The Labute approximate surface area is 218 Å². The second-order valence-electron chi connectivity index (χ2n) is 10.7. The summed E-state index contributed by atoms with van der Waals surface area (Å²) < 4.78 is 10.9. The average Bonchev–Trinajstić information content (AvgIpc) is 2.85. The van der Waals surface area contributed by atoms with E-state index < -0.39 is 0 Å². The van der Waals surface area contributed by atoms with E-state index >= 15 is 0 Å². The Morgan fingerprint density at radius 3 is 1.00 bits per heavy atom. The molecule has 0 aliphatic carbocycles. The minimum atomic E-state index is -0.266. The van der Waals surface area contributed by atoms with Gasteiger partial charge in [0.1, 0.15) is 0 Å². The maximum Gasteiger partial charge on any atom is 0.308 e. The minimum absolute atomic E-state index is 0.185. The van der Waals surface area contributed by atoms with E-state index in [0.29, 0.717) is 19.6 Å². The molecule has 2 atom stereocenters. The van der Waals surface area contributed by atoms with E-state index in [0.717, 1.165) is 25.7 Å². The molecule has 0 amide bonds. The molecule has 0 N–H and O–H groups in total. The van der Waals surface area contributed by atoms with E-state index in [2.05, 4.69) is 13.8 Å². The van der Waals surface area contributed by atoms with Gasteiger partial charge in [-0.25, -0.2) is 0 Å². The van der Waals surface area contributed by atoms with Crippen LogP contribution in [0.15, 0.2) is 0 Å². The number of hydrogen-bond donors (Lipinski definition) is 0. The predicted octanol–water partition coefficient (Wildman–Crippen LogP) is 9.58. The Kier molecular flexibility index (Phi) is 25.2. The van der Waals surface area contributed by atoms with Crippen molar-refractivity contribution >= 4 is 11.9 Å². The van der Waals surface area contributed by atoms with Crippen molar-refractivity contribution in [2.45, 2.75) is 163 Å². The molecular weight excluding hydrogens is 436 g/mol. The Bertz CT molecular complexity index is 435. The van der Waals surface area contributed by atoms with E-state index in [-0.39, 0.29) is 23.8 Å².